The van der Waals surface area contributed by atoms with Crippen LogP contribution in [0.4, 0.5) is 0 Å². The number of hydrogen-bond acceptors (Lipinski definition) is 5. The van der Waals surface area contributed by atoms with E-state index in [-0.39, 0.29) is 11.9 Å². The Bertz CT molecular complexity index is 1060. The maximum absolute atomic E-state index is 12.6. The first kappa shape index (κ1) is 17.5. The monoisotopic (exact) mass is 370 g/mol. The number of carbonyl (C=O) groups excluding carboxylic acids is 1. The summed E-state index contributed by atoms with van der Waals surface area (Å²) in [6.07, 6.45) is 10.0. The number of hydrogen-bond donors (Lipinski definition) is 1. The highest BCUT2D eigenvalue weighted by molar-refractivity contribution is 5.94. The first-order valence-corrected chi connectivity index (χ1v) is 8.84. The van der Waals surface area contributed by atoms with E-state index in [0.29, 0.717) is 11.4 Å². The fourth-order valence-corrected chi connectivity index (χ4v) is 2.92. The minimum absolute atomic E-state index is 0.217. The molecule has 0 aliphatic carbocycles. The van der Waals surface area contributed by atoms with Crippen molar-refractivity contribution in [2.75, 3.05) is 0 Å². The first-order chi connectivity index (χ1) is 13.7. The molecule has 7 nitrogen and oxygen atoms in total. The molecule has 0 aliphatic heterocycles. The molecule has 0 saturated heterocycles. The molecule has 138 valence electrons. The number of pyridine rings is 1. The third-order valence-electron chi connectivity index (χ3n) is 4.34. The molecule has 0 radical (unpaired) electrons. The van der Waals surface area contributed by atoms with Gasteiger partial charge < -0.3 is 5.32 Å². The molecule has 1 N–H and O–H groups in total. The van der Waals surface area contributed by atoms with Crippen LogP contribution < -0.4 is 5.32 Å². The van der Waals surface area contributed by atoms with Crippen molar-refractivity contribution >= 4 is 5.91 Å². The summed E-state index contributed by atoms with van der Waals surface area (Å²) in [4.78, 5) is 25.3. The van der Waals surface area contributed by atoms with Crippen molar-refractivity contribution in [3.63, 3.8) is 0 Å². The smallest absolute Gasteiger partial charge is 0.254 e. The fraction of sp³-hybridized carbons (Fsp3) is 0.0952. The zero-order valence-corrected chi connectivity index (χ0v) is 15.2. The molecular formula is C21H18N6O. The Kier molecular flexibility index (Phi) is 4.88. The summed E-state index contributed by atoms with van der Waals surface area (Å²) in [7, 11) is 0. The number of aromatic nitrogens is 5. The third-order valence-corrected chi connectivity index (χ3v) is 4.34. The second-order valence-corrected chi connectivity index (χ2v) is 6.24. The number of nitrogens with zero attached hydrogens (tertiary/aromatic N) is 5. The molecule has 0 bridgehead atoms. The molecule has 1 unspecified atom stereocenters. The van der Waals surface area contributed by atoms with Crippen LogP contribution in [0, 0.1) is 0 Å². The molecule has 28 heavy (non-hydrogen) atoms. The molecule has 4 aromatic rings. The van der Waals surface area contributed by atoms with Gasteiger partial charge in [-0.1, -0.05) is 18.2 Å². The van der Waals surface area contributed by atoms with Crippen LogP contribution in [-0.4, -0.2) is 30.6 Å². The normalized spacial score (nSPS) is 11.8. The summed E-state index contributed by atoms with van der Waals surface area (Å²) in [5, 5.41) is 7.29. The first-order valence-electron chi connectivity index (χ1n) is 8.84. The van der Waals surface area contributed by atoms with Gasteiger partial charge in [-0.3, -0.25) is 9.78 Å². The molecule has 3 aromatic heterocycles. The van der Waals surface area contributed by atoms with Crippen molar-refractivity contribution < 1.29 is 4.79 Å². The highest BCUT2D eigenvalue weighted by Crippen LogP contribution is 2.21. The van der Waals surface area contributed by atoms with Gasteiger partial charge in [-0.05, 0) is 36.8 Å². The summed E-state index contributed by atoms with van der Waals surface area (Å²) in [6, 6.07) is 13.2. The van der Waals surface area contributed by atoms with Crippen LogP contribution in [0.15, 0.2) is 79.6 Å². The summed E-state index contributed by atoms with van der Waals surface area (Å²) >= 11 is 0. The molecule has 0 spiro atoms. The molecule has 7 heteroatoms. The van der Waals surface area contributed by atoms with Crippen molar-refractivity contribution in [3.8, 4) is 17.1 Å². The number of rotatable bonds is 5. The molecule has 1 atom stereocenters. The molecule has 0 saturated carbocycles. The number of carbonyl (C=O) groups is 1. The summed E-state index contributed by atoms with van der Waals surface area (Å²) in [6.45, 7) is 1.94. The van der Waals surface area contributed by atoms with E-state index in [1.165, 1.54) is 12.4 Å². The Labute approximate surface area is 162 Å². The molecule has 1 amide bonds. The Morgan fingerprint density at radius 3 is 2.54 bits per heavy atom. The van der Waals surface area contributed by atoms with E-state index < -0.39 is 0 Å². The van der Waals surface area contributed by atoms with Crippen LogP contribution in [0.3, 0.4) is 0 Å². The second-order valence-electron chi connectivity index (χ2n) is 6.24. The average molecular weight is 370 g/mol. The van der Waals surface area contributed by atoms with Gasteiger partial charge in [0.05, 0.1) is 17.3 Å². The summed E-state index contributed by atoms with van der Waals surface area (Å²) < 4.78 is 1.78. The van der Waals surface area contributed by atoms with E-state index in [0.717, 1.165) is 16.8 Å². The average Bonchev–Trinajstić information content (AvgIpc) is 3.29. The Morgan fingerprint density at radius 2 is 1.82 bits per heavy atom. The SMILES string of the molecule is CC(NC(=O)c1cnc(-c2cccnc2)nc1)c1ccccc1-n1cccn1. The predicted molar refractivity (Wildman–Crippen MR) is 105 cm³/mol. The van der Waals surface area contributed by atoms with Crippen LogP contribution in [0.25, 0.3) is 17.1 Å². The third kappa shape index (κ3) is 3.64. The molecule has 3 heterocycles. The number of benzene rings is 1. The zero-order chi connectivity index (χ0) is 19.3. The van der Waals surface area contributed by atoms with E-state index >= 15 is 0 Å². The quantitative estimate of drug-likeness (QED) is 0.583. The fourth-order valence-electron chi connectivity index (χ4n) is 2.92. The molecule has 4 rings (SSSR count). The Morgan fingerprint density at radius 1 is 1.00 bits per heavy atom. The van der Waals surface area contributed by atoms with Crippen molar-refractivity contribution in [1.82, 2.24) is 30.0 Å². The van der Waals surface area contributed by atoms with Gasteiger partial charge in [-0.2, -0.15) is 5.10 Å². The Balaban J connectivity index is 1.51. The number of para-hydroxylation sites is 1. The van der Waals surface area contributed by atoms with Gasteiger partial charge in [0.2, 0.25) is 0 Å². The number of nitrogens with one attached hydrogen (secondary N) is 1. The lowest BCUT2D eigenvalue weighted by atomic mass is 10.1. The molecule has 0 fully saturated rings. The second kappa shape index (κ2) is 7.79. The van der Waals surface area contributed by atoms with E-state index in [1.54, 1.807) is 23.3 Å². The molecule has 1 aromatic carbocycles. The van der Waals surface area contributed by atoms with Crippen LogP contribution in [-0.2, 0) is 0 Å². The van der Waals surface area contributed by atoms with Gasteiger partial charge >= 0.3 is 0 Å². The Hall–Kier alpha value is -3.87. The minimum Gasteiger partial charge on any atom is -0.345 e. The zero-order valence-electron chi connectivity index (χ0n) is 15.2. The van der Waals surface area contributed by atoms with Gasteiger partial charge in [0.1, 0.15) is 0 Å². The van der Waals surface area contributed by atoms with Crippen molar-refractivity contribution in [3.05, 3.63) is 90.8 Å². The van der Waals surface area contributed by atoms with Gasteiger partial charge in [-0.25, -0.2) is 14.6 Å². The van der Waals surface area contributed by atoms with Gasteiger partial charge in [0, 0.05) is 42.7 Å². The van der Waals surface area contributed by atoms with Crippen molar-refractivity contribution in [1.29, 1.82) is 0 Å². The molecular weight excluding hydrogens is 352 g/mol. The lowest BCUT2D eigenvalue weighted by molar-refractivity contribution is 0.0939. The maximum atomic E-state index is 12.6. The van der Waals surface area contributed by atoms with E-state index in [9.17, 15) is 4.79 Å². The topological polar surface area (TPSA) is 85.6 Å². The minimum atomic E-state index is -0.236. The molecule has 0 aliphatic rings. The van der Waals surface area contributed by atoms with Gasteiger partial charge in [0.15, 0.2) is 5.82 Å². The number of amides is 1. The van der Waals surface area contributed by atoms with E-state index in [1.807, 2.05) is 55.6 Å². The van der Waals surface area contributed by atoms with E-state index in [2.05, 4.69) is 25.4 Å². The van der Waals surface area contributed by atoms with Gasteiger partial charge in [-0.15, -0.1) is 0 Å². The van der Waals surface area contributed by atoms with Crippen LogP contribution in [0.5, 0.6) is 0 Å². The van der Waals surface area contributed by atoms with Crippen molar-refractivity contribution in [2.24, 2.45) is 0 Å². The predicted octanol–water partition coefficient (Wildman–Crippen LogP) is 3.22. The summed E-state index contributed by atoms with van der Waals surface area (Å²) in [5.41, 5.74) is 3.09. The van der Waals surface area contributed by atoms with E-state index in [4.69, 9.17) is 0 Å². The van der Waals surface area contributed by atoms with Crippen LogP contribution in [0.2, 0.25) is 0 Å². The standard InChI is InChI=1S/C21H18N6O/c1-15(18-7-2-3-8-19(18)27-11-5-10-25-27)26-21(28)17-13-23-20(24-14-17)16-6-4-9-22-12-16/h2-15H,1H3,(H,26,28). The lowest BCUT2D eigenvalue weighted by Crippen LogP contribution is -2.27. The highest BCUT2D eigenvalue weighted by Gasteiger charge is 2.16. The summed E-state index contributed by atoms with van der Waals surface area (Å²) in [5.74, 6) is 0.294. The maximum Gasteiger partial charge on any atom is 0.254 e. The highest BCUT2D eigenvalue weighted by atomic mass is 16.1. The lowest BCUT2D eigenvalue weighted by Gasteiger charge is -2.18. The largest absolute Gasteiger partial charge is 0.345 e. The van der Waals surface area contributed by atoms with Crippen LogP contribution >= 0.6 is 0 Å². The van der Waals surface area contributed by atoms with Crippen molar-refractivity contribution in [2.45, 2.75) is 13.0 Å². The van der Waals surface area contributed by atoms with Crippen LogP contribution in [0.1, 0.15) is 28.9 Å². The van der Waals surface area contributed by atoms with Gasteiger partial charge in [0.25, 0.3) is 5.91 Å².